The predicted molar refractivity (Wildman–Crippen MR) is 92.9 cm³/mol. The van der Waals surface area contributed by atoms with Crippen LogP contribution in [0.1, 0.15) is 6.42 Å². The van der Waals surface area contributed by atoms with E-state index in [2.05, 4.69) is 10.2 Å². The molecular formula is C18H22N2O5. The Kier molecular flexibility index (Phi) is 6.03. The van der Waals surface area contributed by atoms with Crippen LogP contribution in [0.5, 0.6) is 5.75 Å². The summed E-state index contributed by atoms with van der Waals surface area (Å²) in [5.41, 5.74) is 0.0265. The molecule has 0 radical (unpaired) electrons. The lowest BCUT2D eigenvalue weighted by molar-refractivity contribution is -0.123. The van der Waals surface area contributed by atoms with E-state index in [4.69, 9.17) is 13.9 Å². The van der Waals surface area contributed by atoms with Gasteiger partial charge in [-0.1, -0.05) is 0 Å². The van der Waals surface area contributed by atoms with Crippen LogP contribution in [0.15, 0.2) is 39.5 Å². The standard InChI is InChI=1S/C18H22N2O5/c21-17(19-6-1-7-20-8-10-23-11-9-20)13-24-15-4-2-14-3-5-18(22)25-16(14)12-15/h2-5,12H,1,6-11,13H2,(H,19,21). The van der Waals surface area contributed by atoms with Crippen molar-refractivity contribution >= 4 is 16.9 Å². The Morgan fingerprint density at radius 1 is 1.20 bits per heavy atom. The topological polar surface area (TPSA) is 81.0 Å². The van der Waals surface area contributed by atoms with Crippen LogP contribution >= 0.6 is 0 Å². The van der Waals surface area contributed by atoms with Crippen molar-refractivity contribution in [2.45, 2.75) is 6.42 Å². The molecule has 7 nitrogen and oxygen atoms in total. The average Bonchev–Trinajstić information content (AvgIpc) is 2.64. The van der Waals surface area contributed by atoms with Crippen molar-refractivity contribution in [1.29, 1.82) is 0 Å². The first-order valence-electron chi connectivity index (χ1n) is 8.44. The second-order valence-electron chi connectivity index (χ2n) is 5.90. The number of nitrogens with zero attached hydrogens (tertiary/aromatic N) is 1. The van der Waals surface area contributed by atoms with E-state index in [-0.39, 0.29) is 12.5 Å². The molecule has 1 aromatic heterocycles. The number of ether oxygens (including phenoxy) is 2. The molecule has 1 saturated heterocycles. The minimum Gasteiger partial charge on any atom is -0.484 e. The summed E-state index contributed by atoms with van der Waals surface area (Å²) in [7, 11) is 0. The molecule has 0 saturated carbocycles. The number of amides is 1. The SMILES string of the molecule is O=C(COc1ccc2ccc(=O)oc2c1)NCCCN1CCOCC1. The Labute approximate surface area is 145 Å². The van der Waals surface area contributed by atoms with Gasteiger partial charge in [0.05, 0.1) is 13.2 Å². The summed E-state index contributed by atoms with van der Waals surface area (Å²) in [5, 5.41) is 3.65. The Morgan fingerprint density at radius 3 is 2.84 bits per heavy atom. The van der Waals surface area contributed by atoms with Crippen LogP contribution in [-0.4, -0.2) is 56.8 Å². The van der Waals surface area contributed by atoms with E-state index in [1.54, 1.807) is 24.3 Å². The zero-order valence-electron chi connectivity index (χ0n) is 14.0. The summed E-state index contributed by atoms with van der Waals surface area (Å²) in [6, 6.07) is 8.20. The molecule has 0 aliphatic carbocycles. The van der Waals surface area contributed by atoms with Gasteiger partial charge in [-0.05, 0) is 31.2 Å². The van der Waals surface area contributed by atoms with Crippen molar-refractivity contribution < 1.29 is 18.7 Å². The molecule has 3 rings (SSSR count). The molecule has 1 aliphatic heterocycles. The number of carbonyl (C=O) groups is 1. The maximum atomic E-state index is 11.8. The van der Waals surface area contributed by atoms with E-state index < -0.39 is 5.63 Å². The molecule has 1 amide bonds. The van der Waals surface area contributed by atoms with Crippen LogP contribution in [0.25, 0.3) is 11.0 Å². The molecule has 0 spiro atoms. The number of nitrogens with one attached hydrogen (secondary N) is 1. The highest BCUT2D eigenvalue weighted by Gasteiger charge is 2.10. The number of benzene rings is 1. The second-order valence-corrected chi connectivity index (χ2v) is 5.90. The van der Waals surface area contributed by atoms with Gasteiger partial charge in [-0.15, -0.1) is 0 Å². The van der Waals surface area contributed by atoms with Gasteiger partial charge in [0, 0.05) is 37.2 Å². The quantitative estimate of drug-likeness (QED) is 0.595. The molecule has 2 heterocycles. The van der Waals surface area contributed by atoms with Crippen LogP contribution in [0, 0.1) is 0 Å². The van der Waals surface area contributed by atoms with E-state index in [9.17, 15) is 9.59 Å². The summed E-state index contributed by atoms with van der Waals surface area (Å²) >= 11 is 0. The summed E-state index contributed by atoms with van der Waals surface area (Å²) in [4.78, 5) is 25.4. The number of morpholine rings is 1. The lowest BCUT2D eigenvalue weighted by Crippen LogP contribution is -2.38. The summed E-state index contributed by atoms with van der Waals surface area (Å²) in [6.45, 7) is 4.98. The highest BCUT2D eigenvalue weighted by atomic mass is 16.5. The van der Waals surface area contributed by atoms with Crippen molar-refractivity contribution in [2.75, 3.05) is 46.0 Å². The molecule has 2 aromatic rings. The van der Waals surface area contributed by atoms with Crippen molar-refractivity contribution in [3.05, 3.63) is 40.8 Å². The van der Waals surface area contributed by atoms with Crippen molar-refractivity contribution in [2.24, 2.45) is 0 Å². The lowest BCUT2D eigenvalue weighted by atomic mass is 10.2. The molecule has 134 valence electrons. The first kappa shape index (κ1) is 17.4. The number of carbonyl (C=O) groups excluding carboxylic acids is 1. The van der Waals surface area contributed by atoms with Crippen LogP contribution < -0.4 is 15.7 Å². The number of rotatable bonds is 7. The monoisotopic (exact) mass is 346 g/mol. The zero-order chi connectivity index (χ0) is 17.5. The number of hydrogen-bond acceptors (Lipinski definition) is 6. The number of fused-ring (bicyclic) bond motifs is 1. The van der Waals surface area contributed by atoms with Gasteiger partial charge in [-0.3, -0.25) is 9.69 Å². The largest absolute Gasteiger partial charge is 0.484 e. The minimum atomic E-state index is -0.414. The van der Waals surface area contributed by atoms with Crippen molar-refractivity contribution in [1.82, 2.24) is 10.2 Å². The third-order valence-electron chi connectivity index (χ3n) is 4.04. The van der Waals surface area contributed by atoms with Crippen LogP contribution in [0.2, 0.25) is 0 Å². The van der Waals surface area contributed by atoms with Gasteiger partial charge in [0.2, 0.25) is 0 Å². The van der Waals surface area contributed by atoms with E-state index >= 15 is 0 Å². The fourth-order valence-electron chi connectivity index (χ4n) is 2.69. The maximum absolute atomic E-state index is 11.8. The summed E-state index contributed by atoms with van der Waals surface area (Å²) < 4.78 is 15.9. The van der Waals surface area contributed by atoms with E-state index in [1.165, 1.54) is 6.07 Å². The zero-order valence-corrected chi connectivity index (χ0v) is 14.0. The Hall–Kier alpha value is -2.38. The summed E-state index contributed by atoms with van der Waals surface area (Å²) in [6.07, 6.45) is 0.896. The molecule has 7 heteroatoms. The van der Waals surface area contributed by atoms with Crippen molar-refractivity contribution in [3.63, 3.8) is 0 Å². The van der Waals surface area contributed by atoms with Gasteiger partial charge in [0.15, 0.2) is 6.61 Å². The molecule has 0 atom stereocenters. The minimum absolute atomic E-state index is 0.0693. The van der Waals surface area contributed by atoms with Gasteiger partial charge in [0.25, 0.3) is 5.91 Å². The highest BCUT2D eigenvalue weighted by Crippen LogP contribution is 2.19. The molecular weight excluding hydrogens is 324 g/mol. The maximum Gasteiger partial charge on any atom is 0.336 e. The third-order valence-corrected chi connectivity index (χ3v) is 4.04. The first-order valence-corrected chi connectivity index (χ1v) is 8.44. The Balaban J connectivity index is 1.39. The van der Waals surface area contributed by atoms with Gasteiger partial charge in [-0.25, -0.2) is 4.79 Å². The van der Waals surface area contributed by atoms with Gasteiger partial charge in [0.1, 0.15) is 11.3 Å². The smallest absolute Gasteiger partial charge is 0.336 e. The van der Waals surface area contributed by atoms with E-state index in [0.717, 1.165) is 44.7 Å². The molecule has 1 N–H and O–H groups in total. The molecule has 25 heavy (non-hydrogen) atoms. The normalized spacial score (nSPS) is 15.2. The van der Waals surface area contributed by atoms with E-state index in [0.29, 0.717) is 17.9 Å². The predicted octanol–water partition coefficient (Wildman–Crippen LogP) is 1.01. The van der Waals surface area contributed by atoms with Gasteiger partial charge in [-0.2, -0.15) is 0 Å². The molecule has 1 aromatic carbocycles. The van der Waals surface area contributed by atoms with Gasteiger partial charge < -0.3 is 19.2 Å². The summed E-state index contributed by atoms with van der Waals surface area (Å²) in [5.74, 6) is 0.321. The van der Waals surface area contributed by atoms with Crippen molar-refractivity contribution in [3.8, 4) is 5.75 Å². The fraction of sp³-hybridized carbons (Fsp3) is 0.444. The first-order chi connectivity index (χ1) is 12.2. The molecule has 1 fully saturated rings. The molecule has 1 aliphatic rings. The second kappa shape index (κ2) is 8.64. The van der Waals surface area contributed by atoms with Crippen LogP contribution in [0.3, 0.4) is 0 Å². The van der Waals surface area contributed by atoms with E-state index in [1.807, 2.05) is 0 Å². The lowest BCUT2D eigenvalue weighted by Gasteiger charge is -2.26. The third kappa shape index (κ3) is 5.30. The van der Waals surface area contributed by atoms with Crippen LogP contribution in [-0.2, 0) is 9.53 Å². The molecule has 0 bridgehead atoms. The average molecular weight is 346 g/mol. The van der Waals surface area contributed by atoms with Crippen LogP contribution in [0.4, 0.5) is 0 Å². The molecule has 0 unspecified atom stereocenters. The van der Waals surface area contributed by atoms with Gasteiger partial charge >= 0.3 is 5.63 Å². The Morgan fingerprint density at radius 2 is 2.00 bits per heavy atom. The number of hydrogen-bond donors (Lipinski definition) is 1. The fourth-order valence-corrected chi connectivity index (χ4v) is 2.69. The Bertz CT molecular complexity index is 767. The highest BCUT2D eigenvalue weighted by molar-refractivity contribution is 5.79.